The summed E-state index contributed by atoms with van der Waals surface area (Å²) in [5, 5.41) is 6.92. The molecule has 1 amide bonds. The molecule has 0 bridgehead atoms. The molecule has 7 nitrogen and oxygen atoms in total. The van der Waals surface area contributed by atoms with Crippen LogP contribution in [0.5, 0.6) is 11.5 Å². The Morgan fingerprint density at radius 2 is 1.80 bits per heavy atom. The van der Waals surface area contributed by atoms with Gasteiger partial charge >= 0.3 is 0 Å². The topological polar surface area (TPSA) is 86.5 Å². The monoisotopic (exact) mass is 409 g/mol. The molecule has 1 aromatic heterocycles. The number of hydrogen-bond acceptors (Lipinski definition) is 6. The molecule has 0 aliphatic carbocycles. The smallest absolute Gasteiger partial charge is 0.262 e. The molecule has 30 heavy (non-hydrogen) atoms. The van der Waals surface area contributed by atoms with E-state index in [2.05, 4.69) is 22.4 Å². The van der Waals surface area contributed by atoms with Crippen LogP contribution in [-0.4, -0.2) is 29.3 Å². The molecule has 0 atom stereocenters. The zero-order chi connectivity index (χ0) is 21.5. The number of nitrogens with zero attached hydrogens (tertiary/aromatic N) is 2. The fraction of sp³-hybridized carbons (Fsp3) is 0.348. The van der Waals surface area contributed by atoms with Crippen LogP contribution in [0.1, 0.15) is 44.5 Å². The second-order valence-electron chi connectivity index (χ2n) is 7.27. The summed E-state index contributed by atoms with van der Waals surface area (Å²) in [4.78, 5) is 17.0. The summed E-state index contributed by atoms with van der Waals surface area (Å²) in [6.45, 7) is 8.50. The van der Waals surface area contributed by atoms with Crippen molar-refractivity contribution in [1.82, 2.24) is 10.1 Å². The summed E-state index contributed by atoms with van der Waals surface area (Å²) in [6, 6.07) is 12.9. The maximum atomic E-state index is 12.5. The van der Waals surface area contributed by atoms with Crippen molar-refractivity contribution in [3.63, 3.8) is 0 Å². The van der Waals surface area contributed by atoms with Gasteiger partial charge in [-0.25, -0.2) is 0 Å². The van der Waals surface area contributed by atoms with Crippen molar-refractivity contribution in [2.75, 3.05) is 18.5 Å². The first-order chi connectivity index (χ1) is 14.5. The summed E-state index contributed by atoms with van der Waals surface area (Å²) in [5.41, 5.74) is 2.20. The van der Waals surface area contributed by atoms with E-state index in [4.69, 9.17) is 14.0 Å². The van der Waals surface area contributed by atoms with Crippen molar-refractivity contribution < 1.29 is 18.8 Å². The van der Waals surface area contributed by atoms with E-state index in [0.717, 1.165) is 17.7 Å². The first-order valence-electron chi connectivity index (χ1n) is 10.1. The van der Waals surface area contributed by atoms with E-state index in [0.29, 0.717) is 35.3 Å². The maximum absolute atomic E-state index is 12.5. The lowest BCUT2D eigenvalue weighted by Gasteiger charge is -2.12. The number of rotatable bonds is 9. The third-order valence-electron chi connectivity index (χ3n) is 4.39. The average molecular weight is 409 g/mol. The summed E-state index contributed by atoms with van der Waals surface area (Å²) >= 11 is 0. The number of benzene rings is 2. The number of hydrogen-bond donors (Lipinski definition) is 1. The number of carbonyl (C=O) groups excluding carboxylic acids is 1. The van der Waals surface area contributed by atoms with Crippen molar-refractivity contribution in [2.24, 2.45) is 0 Å². The Hall–Kier alpha value is -3.35. The third kappa shape index (κ3) is 5.37. The standard InChI is InChI=1S/C23H27N3O4/c1-5-13-28-17-9-11-18(12-10-17)29-14-20(27)24-21-16(4)7-6-8-19(21)23-25-22(15(2)3)26-30-23/h6-12,15H,5,13-14H2,1-4H3,(H,24,27). The molecule has 2 aromatic carbocycles. The highest BCUT2D eigenvalue weighted by atomic mass is 16.5. The van der Waals surface area contributed by atoms with Gasteiger partial charge in [0.1, 0.15) is 11.5 Å². The normalized spacial score (nSPS) is 10.8. The van der Waals surface area contributed by atoms with E-state index in [-0.39, 0.29) is 18.4 Å². The number of nitrogens with one attached hydrogen (secondary N) is 1. The van der Waals surface area contributed by atoms with Crippen LogP contribution in [0.4, 0.5) is 5.69 Å². The number of amides is 1. The molecular formula is C23H27N3O4. The predicted octanol–water partition coefficient (Wildman–Crippen LogP) is 4.97. The van der Waals surface area contributed by atoms with Crippen molar-refractivity contribution in [2.45, 2.75) is 40.0 Å². The van der Waals surface area contributed by atoms with E-state index >= 15 is 0 Å². The minimum atomic E-state index is -0.277. The van der Waals surface area contributed by atoms with Crippen LogP contribution in [-0.2, 0) is 4.79 Å². The van der Waals surface area contributed by atoms with Crippen LogP contribution in [0.2, 0.25) is 0 Å². The first-order valence-corrected chi connectivity index (χ1v) is 10.1. The molecule has 0 aliphatic heterocycles. The lowest BCUT2D eigenvalue weighted by atomic mass is 10.1. The van der Waals surface area contributed by atoms with E-state index in [1.165, 1.54) is 0 Å². The van der Waals surface area contributed by atoms with Gasteiger partial charge in [0.25, 0.3) is 11.8 Å². The fourth-order valence-electron chi connectivity index (χ4n) is 2.77. The number of para-hydroxylation sites is 1. The minimum absolute atomic E-state index is 0.121. The zero-order valence-corrected chi connectivity index (χ0v) is 17.8. The Balaban J connectivity index is 1.66. The Labute approximate surface area is 176 Å². The highest BCUT2D eigenvalue weighted by Crippen LogP contribution is 2.30. The quantitative estimate of drug-likeness (QED) is 0.537. The van der Waals surface area contributed by atoms with Crippen molar-refractivity contribution >= 4 is 11.6 Å². The third-order valence-corrected chi connectivity index (χ3v) is 4.39. The summed E-state index contributed by atoms with van der Waals surface area (Å²) in [6.07, 6.45) is 0.946. The van der Waals surface area contributed by atoms with Gasteiger partial charge in [0, 0.05) is 5.92 Å². The van der Waals surface area contributed by atoms with Gasteiger partial charge in [-0.05, 0) is 49.2 Å². The van der Waals surface area contributed by atoms with E-state index in [1.807, 2.05) is 51.1 Å². The van der Waals surface area contributed by atoms with E-state index in [1.54, 1.807) is 12.1 Å². The summed E-state index contributed by atoms with van der Waals surface area (Å²) in [7, 11) is 0. The molecule has 0 fully saturated rings. The number of ether oxygens (including phenoxy) is 2. The number of carbonyl (C=O) groups is 1. The molecule has 7 heteroatoms. The first kappa shape index (κ1) is 21.4. The van der Waals surface area contributed by atoms with Crippen molar-refractivity contribution in [3.8, 4) is 23.0 Å². The molecule has 3 rings (SSSR count). The maximum Gasteiger partial charge on any atom is 0.262 e. The van der Waals surface area contributed by atoms with Gasteiger partial charge in [0.2, 0.25) is 0 Å². The van der Waals surface area contributed by atoms with Gasteiger partial charge in [-0.1, -0.05) is 38.1 Å². The molecule has 0 saturated heterocycles. The van der Waals surface area contributed by atoms with Crippen molar-refractivity contribution in [3.05, 3.63) is 53.9 Å². The molecule has 0 unspecified atom stereocenters. The largest absolute Gasteiger partial charge is 0.494 e. The van der Waals surface area contributed by atoms with Crippen LogP contribution in [0.15, 0.2) is 47.0 Å². The highest BCUT2D eigenvalue weighted by Gasteiger charge is 2.18. The predicted molar refractivity (Wildman–Crippen MR) is 115 cm³/mol. The summed E-state index contributed by atoms with van der Waals surface area (Å²) in [5.74, 6) is 2.24. The fourth-order valence-corrected chi connectivity index (χ4v) is 2.77. The van der Waals surface area contributed by atoms with Crippen LogP contribution in [0, 0.1) is 6.92 Å². The Morgan fingerprint density at radius 1 is 1.10 bits per heavy atom. The molecule has 0 aliphatic rings. The molecule has 3 aromatic rings. The van der Waals surface area contributed by atoms with E-state index in [9.17, 15) is 4.79 Å². The van der Waals surface area contributed by atoms with Crippen LogP contribution in [0.3, 0.4) is 0 Å². The molecule has 0 radical (unpaired) electrons. The SMILES string of the molecule is CCCOc1ccc(OCC(=O)Nc2c(C)cccc2-c2nc(C(C)C)no2)cc1. The lowest BCUT2D eigenvalue weighted by molar-refractivity contribution is -0.118. The van der Waals surface area contributed by atoms with Gasteiger partial charge in [-0.3, -0.25) is 4.79 Å². The summed E-state index contributed by atoms with van der Waals surface area (Å²) < 4.78 is 16.5. The van der Waals surface area contributed by atoms with Gasteiger partial charge in [-0.2, -0.15) is 4.98 Å². The Morgan fingerprint density at radius 3 is 2.43 bits per heavy atom. The van der Waals surface area contributed by atoms with Crippen LogP contribution < -0.4 is 14.8 Å². The van der Waals surface area contributed by atoms with Gasteiger partial charge in [-0.15, -0.1) is 0 Å². The molecular weight excluding hydrogens is 382 g/mol. The zero-order valence-electron chi connectivity index (χ0n) is 17.8. The molecule has 0 spiro atoms. The average Bonchev–Trinajstić information content (AvgIpc) is 3.23. The second kappa shape index (κ2) is 9.91. The second-order valence-corrected chi connectivity index (χ2v) is 7.27. The number of anilines is 1. The van der Waals surface area contributed by atoms with Gasteiger partial charge < -0.3 is 19.3 Å². The molecule has 0 saturated carbocycles. The van der Waals surface area contributed by atoms with Gasteiger partial charge in [0.05, 0.1) is 17.9 Å². The highest BCUT2D eigenvalue weighted by molar-refractivity contribution is 5.96. The van der Waals surface area contributed by atoms with Crippen molar-refractivity contribution in [1.29, 1.82) is 0 Å². The van der Waals surface area contributed by atoms with Crippen LogP contribution >= 0.6 is 0 Å². The number of aromatic nitrogens is 2. The number of aryl methyl sites for hydroxylation is 1. The van der Waals surface area contributed by atoms with Gasteiger partial charge in [0.15, 0.2) is 12.4 Å². The minimum Gasteiger partial charge on any atom is -0.494 e. The molecule has 158 valence electrons. The Kier molecular flexibility index (Phi) is 7.06. The van der Waals surface area contributed by atoms with Crippen LogP contribution in [0.25, 0.3) is 11.5 Å². The van der Waals surface area contributed by atoms with E-state index < -0.39 is 0 Å². The Bertz CT molecular complexity index is 980. The lowest BCUT2D eigenvalue weighted by Crippen LogP contribution is -2.21. The molecule has 1 N–H and O–H groups in total. The molecule has 1 heterocycles.